The van der Waals surface area contributed by atoms with Gasteiger partial charge in [-0.15, -0.1) is 5.10 Å². The number of aliphatic hydroxyl groups excluding tert-OH is 1. The van der Waals surface area contributed by atoms with E-state index in [0.29, 0.717) is 24.4 Å². The van der Waals surface area contributed by atoms with Gasteiger partial charge in [-0.1, -0.05) is 47.7 Å². The smallest absolute Gasteiger partial charge is 0.319 e. The van der Waals surface area contributed by atoms with E-state index in [0.717, 1.165) is 24.1 Å². The first-order valence-corrected chi connectivity index (χ1v) is 11.1. The van der Waals surface area contributed by atoms with Gasteiger partial charge in [0.05, 0.1) is 37.7 Å². The van der Waals surface area contributed by atoms with Crippen molar-refractivity contribution in [2.75, 3.05) is 19.0 Å². The number of carbonyl (C=O) groups is 1. The number of para-hydroxylation sites is 2. The van der Waals surface area contributed by atoms with Gasteiger partial charge in [0.1, 0.15) is 17.5 Å². The van der Waals surface area contributed by atoms with Gasteiger partial charge in [-0.2, -0.15) is 0 Å². The van der Waals surface area contributed by atoms with E-state index in [4.69, 9.17) is 9.47 Å². The second kappa shape index (κ2) is 10.9. The number of methoxy groups -OCH3 is 1. The number of nitrogens with zero attached hydrogens (tertiary/aromatic N) is 3. The van der Waals surface area contributed by atoms with Gasteiger partial charge >= 0.3 is 6.03 Å². The standard InChI is InChI=1S/C24H29N5O4/c1-32-22-10-6-5-9-19(22)25-24(31)26-20-12-11-18(33-23(20)16-30)13-14-29-15-21(27-28-29)17-7-3-2-4-8-17/h2-10,15,18,20,23,30H,11-14,16H2,1H3,(H2,25,26,31)/t18-,20+,23+/m0/s1. The summed E-state index contributed by atoms with van der Waals surface area (Å²) < 4.78 is 13.2. The largest absolute Gasteiger partial charge is 0.495 e. The van der Waals surface area contributed by atoms with E-state index in [1.165, 1.54) is 0 Å². The van der Waals surface area contributed by atoms with Crippen LogP contribution in [0.1, 0.15) is 19.3 Å². The molecule has 1 aliphatic heterocycles. The summed E-state index contributed by atoms with van der Waals surface area (Å²) in [6.45, 7) is 0.493. The molecule has 1 aromatic heterocycles. The zero-order valence-corrected chi connectivity index (χ0v) is 18.6. The van der Waals surface area contributed by atoms with Crippen LogP contribution in [-0.4, -0.2) is 58.1 Å². The summed E-state index contributed by atoms with van der Waals surface area (Å²) >= 11 is 0. The molecule has 33 heavy (non-hydrogen) atoms. The third kappa shape index (κ3) is 5.88. The zero-order valence-electron chi connectivity index (χ0n) is 18.6. The molecule has 3 N–H and O–H groups in total. The average molecular weight is 452 g/mol. The third-order valence-electron chi connectivity index (χ3n) is 5.76. The number of aliphatic hydroxyl groups is 1. The van der Waals surface area contributed by atoms with E-state index >= 15 is 0 Å². The van der Waals surface area contributed by atoms with Crippen LogP contribution in [0.5, 0.6) is 5.75 Å². The maximum Gasteiger partial charge on any atom is 0.319 e. The highest BCUT2D eigenvalue weighted by molar-refractivity contribution is 5.91. The molecule has 0 aliphatic carbocycles. The summed E-state index contributed by atoms with van der Waals surface area (Å²) in [7, 11) is 1.55. The van der Waals surface area contributed by atoms with Gasteiger partial charge in [-0.05, 0) is 31.4 Å². The highest BCUT2D eigenvalue weighted by Gasteiger charge is 2.32. The molecular formula is C24H29N5O4. The van der Waals surface area contributed by atoms with Gasteiger partial charge in [-0.3, -0.25) is 4.68 Å². The predicted molar refractivity (Wildman–Crippen MR) is 124 cm³/mol. The molecule has 9 nitrogen and oxygen atoms in total. The summed E-state index contributed by atoms with van der Waals surface area (Å²) in [5.74, 6) is 0.579. The molecule has 174 valence electrons. The molecule has 0 unspecified atom stereocenters. The Kier molecular flexibility index (Phi) is 7.54. The Hall–Kier alpha value is -3.43. The summed E-state index contributed by atoms with van der Waals surface area (Å²) in [5, 5.41) is 24.0. The number of benzene rings is 2. The number of nitrogens with one attached hydrogen (secondary N) is 2. The lowest BCUT2D eigenvalue weighted by atomic mass is 9.97. The SMILES string of the molecule is COc1ccccc1NC(=O)N[C@@H]1CC[C@@H](CCn2cc(-c3ccccc3)nn2)O[C@@H]1CO. The molecule has 3 atom stereocenters. The molecule has 1 aliphatic rings. The minimum atomic E-state index is -0.470. The molecule has 0 bridgehead atoms. The minimum absolute atomic E-state index is 0.0261. The van der Waals surface area contributed by atoms with Crippen LogP contribution in [0.25, 0.3) is 11.3 Å². The van der Waals surface area contributed by atoms with E-state index in [1.54, 1.807) is 19.2 Å². The first-order chi connectivity index (χ1) is 16.2. The monoisotopic (exact) mass is 451 g/mol. The van der Waals surface area contributed by atoms with E-state index in [1.807, 2.05) is 53.3 Å². The number of anilines is 1. The van der Waals surface area contributed by atoms with Crippen LogP contribution in [-0.2, 0) is 11.3 Å². The van der Waals surface area contributed by atoms with Gasteiger partial charge < -0.3 is 25.2 Å². The molecule has 2 amide bonds. The number of aryl methyl sites for hydroxylation is 1. The van der Waals surface area contributed by atoms with Gasteiger partial charge in [0.25, 0.3) is 0 Å². The van der Waals surface area contributed by atoms with Crippen LogP contribution in [0.4, 0.5) is 10.5 Å². The van der Waals surface area contributed by atoms with Gasteiger partial charge in [0, 0.05) is 12.1 Å². The number of urea groups is 1. The summed E-state index contributed by atoms with van der Waals surface area (Å²) in [6.07, 6.45) is 3.66. The van der Waals surface area contributed by atoms with Gasteiger partial charge in [-0.25, -0.2) is 4.79 Å². The maximum absolute atomic E-state index is 12.5. The van der Waals surface area contributed by atoms with Gasteiger partial charge in [0.15, 0.2) is 0 Å². The lowest BCUT2D eigenvalue weighted by Gasteiger charge is -2.36. The predicted octanol–water partition coefficient (Wildman–Crippen LogP) is 3.07. The fraction of sp³-hybridized carbons (Fsp3) is 0.375. The summed E-state index contributed by atoms with van der Waals surface area (Å²) in [4.78, 5) is 12.5. The molecule has 0 saturated carbocycles. The van der Waals surface area contributed by atoms with Crippen molar-refractivity contribution in [2.45, 2.75) is 44.1 Å². The van der Waals surface area contributed by atoms with Crippen LogP contribution in [0.2, 0.25) is 0 Å². The molecule has 2 aromatic carbocycles. The number of ether oxygens (including phenoxy) is 2. The quantitative estimate of drug-likeness (QED) is 0.486. The fourth-order valence-corrected chi connectivity index (χ4v) is 4.01. The number of rotatable bonds is 8. The first kappa shape index (κ1) is 22.8. The topological polar surface area (TPSA) is 111 Å². The van der Waals surface area contributed by atoms with Gasteiger partial charge in [0.2, 0.25) is 0 Å². The Morgan fingerprint density at radius 3 is 2.76 bits per heavy atom. The average Bonchev–Trinajstić information content (AvgIpc) is 3.33. The second-order valence-corrected chi connectivity index (χ2v) is 7.98. The van der Waals surface area contributed by atoms with E-state index in [2.05, 4.69) is 20.9 Å². The van der Waals surface area contributed by atoms with Crippen molar-refractivity contribution in [1.29, 1.82) is 0 Å². The highest BCUT2D eigenvalue weighted by Crippen LogP contribution is 2.25. The Bertz CT molecular complexity index is 1040. The van der Waals surface area contributed by atoms with Crippen molar-refractivity contribution in [3.05, 3.63) is 60.8 Å². The zero-order chi connectivity index (χ0) is 23.0. The van der Waals surface area contributed by atoms with Crippen LogP contribution >= 0.6 is 0 Å². The van der Waals surface area contributed by atoms with Crippen molar-refractivity contribution in [2.24, 2.45) is 0 Å². The Morgan fingerprint density at radius 1 is 1.18 bits per heavy atom. The molecule has 9 heteroatoms. The fourth-order valence-electron chi connectivity index (χ4n) is 4.01. The molecular weight excluding hydrogens is 422 g/mol. The number of hydrogen-bond donors (Lipinski definition) is 3. The second-order valence-electron chi connectivity index (χ2n) is 7.98. The van der Waals surface area contributed by atoms with Crippen LogP contribution in [0.15, 0.2) is 60.8 Å². The minimum Gasteiger partial charge on any atom is -0.495 e. The molecule has 0 spiro atoms. The van der Waals surface area contributed by atoms with E-state index in [9.17, 15) is 9.90 Å². The van der Waals surface area contributed by atoms with Crippen molar-refractivity contribution >= 4 is 11.7 Å². The number of hydrogen-bond acceptors (Lipinski definition) is 6. The van der Waals surface area contributed by atoms with Crippen LogP contribution in [0, 0.1) is 0 Å². The van der Waals surface area contributed by atoms with E-state index < -0.39 is 6.10 Å². The molecule has 1 saturated heterocycles. The van der Waals surface area contributed by atoms with Crippen LogP contribution in [0.3, 0.4) is 0 Å². The molecule has 4 rings (SSSR count). The first-order valence-electron chi connectivity index (χ1n) is 11.1. The molecule has 0 radical (unpaired) electrons. The van der Waals surface area contributed by atoms with Crippen molar-refractivity contribution in [3.63, 3.8) is 0 Å². The summed E-state index contributed by atoms with van der Waals surface area (Å²) in [5.41, 5.74) is 2.44. The van der Waals surface area contributed by atoms with Crippen molar-refractivity contribution < 1.29 is 19.4 Å². The maximum atomic E-state index is 12.5. The van der Waals surface area contributed by atoms with Crippen LogP contribution < -0.4 is 15.4 Å². The Labute approximate surface area is 192 Å². The molecule has 2 heterocycles. The Morgan fingerprint density at radius 2 is 1.97 bits per heavy atom. The molecule has 3 aromatic rings. The number of aromatic nitrogens is 3. The highest BCUT2D eigenvalue weighted by atomic mass is 16.5. The number of carbonyl (C=O) groups excluding carboxylic acids is 1. The Balaban J connectivity index is 1.27. The third-order valence-corrected chi connectivity index (χ3v) is 5.76. The normalized spacial score (nSPS) is 20.2. The molecule has 1 fully saturated rings. The lowest BCUT2D eigenvalue weighted by Crippen LogP contribution is -2.52. The van der Waals surface area contributed by atoms with E-state index in [-0.39, 0.29) is 24.8 Å². The van der Waals surface area contributed by atoms with Crippen molar-refractivity contribution in [3.8, 4) is 17.0 Å². The lowest BCUT2D eigenvalue weighted by molar-refractivity contribution is -0.0905. The summed E-state index contributed by atoms with van der Waals surface area (Å²) in [6, 6.07) is 16.5. The number of amides is 2. The van der Waals surface area contributed by atoms with Crippen molar-refractivity contribution in [1.82, 2.24) is 20.3 Å².